The Bertz CT molecular complexity index is 836. The van der Waals surface area contributed by atoms with E-state index in [1.54, 1.807) is 41.9 Å². The van der Waals surface area contributed by atoms with Gasteiger partial charge in [-0.05, 0) is 66.9 Å². The van der Waals surface area contributed by atoms with Crippen molar-refractivity contribution in [2.24, 2.45) is 4.99 Å². The summed E-state index contributed by atoms with van der Waals surface area (Å²) in [7, 11) is -1.78. The third-order valence-corrected chi connectivity index (χ3v) is 6.43. The minimum Gasteiger partial charge on any atom is -0.497 e. The first kappa shape index (κ1) is 18.6. The number of ether oxygens (including phenoxy) is 1. The maximum Gasteiger partial charge on any atom is 0.243 e. The third kappa shape index (κ3) is 4.51. The van der Waals surface area contributed by atoms with Gasteiger partial charge in [-0.1, -0.05) is 12.8 Å². The summed E-state index contributed by atoms with van der Waals surface area (Å²) in [5.41, 5.74) is 1.67. The van der Waals surface area contributed by atoms with E-state index in [1.807, 2.05) is 24.3 Å². The highest BCUT2D eigenvalue weighted by molar-refractivity contribution is 7.89. The molecular formula is C20H24N2O3S. The van der Waals surface area contributed by atoms with Crippen molar-refractivity contribution in [2.45, 2.75) is 30.6 Å². The van der Waals surface area contributed by atoms with Gasteiger partial charge in [0.25, 0.3) is 0 Å². The molecule has 2 aromatic carbocycles. The molecule has 1 heterocycles. The van der Waals surface area contributed by atoms with Crippen LogP contribution in [-0.4, -0.2) is 39.1 Å². The third-order valence-electron chi connectivity index (χ3n) is 4.52. The van der Waals surface area contributed by atoms with Crippen molar-refractivity contribution in [3.05, 3.63) is 54.1 Å². The zero-order valence-electron chi connectivity index (χ0n) is 15.0. The normalized spacial score (nSPS) is 16.5. The standard InChI is InChI=1S/C20H24N2O3S/c1-25-19-10-6-17(7-11-19)16-21-18-8-12-20(13-9-18)26(23,24)22-14-4-2-3-5-15-22/h6-13,16H,2-5,14-15H2,1H3. The molecule has 138 valence electrons. The molecule has 6 heteroatoms. The lowest BCUT2D eigenvalue weighted by Gasteiger charge is -2.19. The Morgan fingerprint density at radius 2 is 1.54 bits per heavy atom. The van der Waals surface area contributed by atoms with Crippen LogP contribution in [-0.2, 0) is 10.0 Å². The number of aliphatic imine (C=N–C) groups is 1. The van der Waals surface area contributed by atoms with Crippen molar-refractivity contribution in [1.82, 2.24) is 4.31 Å². The number of benzene rings is 2. The van der Waals surface area contributed by atoms with E-state index in [9.17, 15) is 8.42 Å². The van der Waals surface area contributed by atoms with E-state index in [2.05, 4.69) is 4.99 Å². The average molecular weight is 372 g/mol. The van der Waals surface area contributed by atoms with Crippen LogP contribution in [0.3, 0.4) is 0 Å². The van der Waals surface area contributed by atoms with Crippen LogP contribution in [0.4, 0.5) is 5.69 Å². The van der Waals surface area contributed by atoms with Crippen LogP contribution in [0.25, 0.3) is 0 Å². The lowest BCUT2D eigenvalue weighted by Crippen LogP contribution is -2.31. The van der Waals surface area contributed by atoms with Crippen molar-refractivity contribution in [1.29, 1.82) is 0 Å². The summed E-state index contributed by atoms with van der Waals surface area (Å²) in [4.78, 5) is 4.74. The van der Waals surface area contributed by atoms with E-state index in [0.717, 1.165) is 42.7 Å². The van der Waals surface area contributed by atoms with Crippen molar-refractivity contribution in [3.8, 4) is 5.75 Å². The number of hydrogen-bond donors (Lipinski definition) is 0. The van der Waals surface area contributed by atoms with Gasteiger partial charge in [0.05, 0.1) is 17.7 Å². The molecule has 1 aliphatic rings. The van der Waals surface area contributed by atoms with Gasteiger partial charge in [0.15, 0.2) is 0 Å². The molecule has 0 radical (unpaired) electrons. The highest BCUT2D eigenvalue weighted by Crippen LogP contribution is 2.22. The molecule has 0 amide bonds. The molecule has 0 atom stereocenters. The van der Waals surface area contributed by atoms with Gasteiger partial charge < -0.3 is 4.74 Å². The first-order chi connectivity index (χ1) is 12.6. The molecule has 26 heavy (non-hydrogen) atoms. The Balaban J connectivity index is 1.71. The molecule has 0 bridgehead atoms. The van der Waals surface area contributed by atoms with E-state index in [0.29, 0.717) is 18.0 Å². The molecule has 0 aliphatic carbocycles. The van der Waals surface area contributed by atoms with Crippen LogP contribution in [0.1, 0.15) is 31.2 Å². The Morgan fingerprint density at radius 1 is 0.923 bits per heavy atom. The highest BCUT2D eigenvalue weighted by Gasteiger charge is 2.24. The van der Waals surface area contributed by atoms with E-state index in [4.69, 9.17) is 4.74 Å². The molecule has 0 saturated carbocycles. The predicted octanol–water partition coefficient (Wildman–Crippen LogP) is 4.01. The van der Waals surface area contributed by atoms with Crippen LogP contribution >= 0.6 is 0 Å². The Kier molecular flexibility index (Phi) is 6.06. The second kappa shape index (κ2) is 8.47. The summed E-state index contributed by atoms with van der Waals surface area (Å²) < 4.78 is 32.3. The van der Waals surface area contributed by atoms with E-state index >= 15 is 0 Å². The van der Waals surface area contributed by atoms with Gasteiger partial charge in [-0.25, -0.2) is 8.42 Å². The average Bonchev–Trinajstić information content (AvgIpc) is 2.97. The maximum absolute atomic E-state index is 12.8. The van der Waals surface area contributed by atoms with Crippen LogP contribution in [0.2, 0.25) is 0 Å². The largest absolute Gasteiger partial charge is 0.497 e. The van der Waals surface area contributed by atoms with Crippen LogP contribution < -0.4 is 4.74 Å². The van der Waals surface area contributed by atoms with Gasteiger partial charge >= 0.3 is 0 Å². The van der Waals surface area contributed by atoms with Gasteiger partial charge in [0, 0.05) is 19.3 Å². The SMILES string of the molecule is COc1ccc(C=Nc2ccc(S(=O)(=O)N3CCCCCC3)cc2)cc1. The number of methoxy groups -OCH3 is 1. The minimum absolute atomic E-state index is 0.336. The zero-order chi connectivity index (χ0) is 18.4. The summed E-state index contributed by atoms with van der Waals surface area (Å²) in [6.07, 6.45) is 5.82. The van der Waals surface area contributed by atoms with E-state index in [-0.39, 0.29) is 0 Å². The lowest BCUT2D eigenvalue weighted by molar-refractivity contribution is 0.415. The molecule has 1 fully saturated rings. The molecule has 0 unspecified atom stereocenters. The fourth-order valence-electron chi connectivity index (χ4n) is 2.97. The highest BCUT2D eigenvalue weighted by atomic mass is 32.2. The molecular weight excluding hydrogens is 348 g/mol. The lowest BCUT2D eigenvalue weighted by atomic mass is 10.2. The molecule has 3 rings (SSSR count). The second-order valence-electron chi connectivity index (χ2n) is 6.34. The fraction of sp³-hybridized carbons (Fsp3) is 0.350. The number of nitrogens with zero attached hydrogens (tertiary/aromatic N) is 2. The van der Waals surface area contributed by atoms with E-state index < -0.39 is 10.0 Å². The summed E-state index contributed by atoms with van der Waals surface area (Å²) in [5.74, 6) is 0.797. The Hall–Kier alpha value is -2.18. The molecule has 2 aromatic rings. The molecule has 0 N–H and O–H groups in total. The maximum atomic E-state index is 12.8. The van der Waals surface area contributed by atoms with Gasteiger partial charge in [-0.15, -0.1) is 0 Å². The summed E-state index contributed by atoms with van der Waals surface area (Å²) >= 11 is 0. The summed E-state index contributed by atoms with van der Waals surface area (Å²) in [6, 6.07) is 14.3. The summed E-state index contributed by atoms with van der Waals surface area (Å²) in [5, 5.41) is 0. The topological polar surface area (TPSA) is 59.0 Å². The molecule has 0 aromatic heterocycles. The molecule has 5 nitrogen and oxygen atoms in total. The van der Waals surface area contributed by atoms with Gasteiger partial charge in [0.1, 0.15) is 5.75 Å². The first-order valence-corrected chi connectivity index (χ1v) is 10.3. The van der Waals surface area contributed by atoms with Crippen molar-refractivity contribution >= 4 is 21.9 Å². The quantitative estimate of drug-likeness (QED) is 0.745. The van der Waals surface area contributed by atoms with Crippen molar-refractivity contribution in [2.75, 3.05) is 20.2 Å². The van der Waals surface area contributed by atoms with Crippen molar-refractivity contribution < 1.29 is 13.2 Å². The number of sulfonamides is 1. The van der Waals surface area contributed by atoms with Gasteiger partial charge in [0.2, 0.25) is 10.0 Å². The van der Waals surface area contributed by atoms with Crippen LogP contribution in [0.5, 0.6) is 5.75 Å². The van der Waals surface area contributed by atoms with Gasteiger partial charge in [-0.2, -0.15) is 4.31 Å². The van der Waals surface area contributed by atoms with Crippen LogP contribution in [0.15, 0.2) is 58.4 Å². The zero-order valence-corrected chi connectivity index (χ0v) is 15.8. The fourth-order valence-corrected chi connectivity index (χ4v) is 4.49. The van der Waals surface area contributed by atoms with Crippen molar-refractivity contribution in [3.63, 3.8) is 0 Å². The van der Waals surface area contributed by atoms with Gasteiger partial charge in [-0.3, -0.25) is 4.99 Å². The monoisotopic (exact) mass is 372 g/mol. The molecule has 1 aliphatic heterocycles. The van der Waals surface area contributed by atoms with Crippen LogP contribution in [0, 0.1) is 0 Å². The number of rotatable bonds is 5. The molecule has 0 spiro atoms. The Morgan fingerprint density at radius 3 is 2.12 bits per heavy atom. The molecule has 1 saturated heterocycles. The van der Waals surface area contributed by atoms with E-state index in [1.165, 1.54) is 0 Å². The minimum atomic E-state index is -3.41. The first-order valence-electron chi connectivity index (χ1n) is 8.88. The number of hydrogen-bond acceptors (Lipinski definition) is 4. The predicted molar refractivity (Wildman–Crippen MR) is 104 cm³/mol. The smallest absolute Gasteiger partial charge is 0.243 e. The Labute approximate surface area is 155 Å². The summed E-state index contributed by atoms with van der Waals surface area (Å²) in [6.45, 7) is 1.22. The second-order valence-corrected chi connectivity index (χ2v) is 8.28.